The third kappa shape index (κ3) is 4.29. The summed E-state index contributed by atoms with van der Waals surface area (Å²) in [4.78, 5) is 21.7. The molecule has 0 radical (unpaired) electrons. The molecule has 0 bridgehead atoms. The van der Waals surface area contributed by atoms with Gasteiger partial charge >= 0.3 is 5.97 Å². The van der Waals surface area contributed by atoms with Crippen molar-refractivity contribution in [3.8, 4) is 12.1 Å². The molecule has 0 unspecified atom stereocenters. The largest absolute Gasteiger partial charge is 0.462 e. The summed E-state index contributed by atoms with van der Waals surface area (Å²) >= 11 is 0. The molecule has 21 heavy (non-hydrogen) atoms. The van der Waals surface area contributed by atoms with Gasteiger partial charge in [0.2, 0.25) is 5.71 Å². The first-order chi connectivity index (χ1) is 10.0. The van der Waals surface area contributed by atoms with E-state index >= 15 is 0 Å². The zero-order valence-corrected chi connectivity index (χ0v) is 10.9. The number of nitriles is 2. The Morgan fingerprint density at radius 3 is 2.62 bits per heavy atom. The Kier molecular flexibility index (Phi) is 5.35. The molecule has 0 amide bonds. The highest BCUT2D eigenvalue weighted by atomic mass is 16.6. The smallest absolute Gasteiger partial charge is 0.338 e. The fraction of sp³-hybridized carbons (Fsp3) is 0.167. The monoisotopic (exact) mass is 287 g/mol. The predicted octanol–water partition coefficient (Wildman–Crippen LogP) is 1.59. The number of hydrogen-bond acceptors (Lipinski definition) is 8. The number of carbonyl (C=O) groups excluding carboxylic acids is 1. The van der Waals surface area contributed by atoms with Crippen LogP contribution in [0.2, 0.25) is 0 Å². The first kappa shape index (κ1) is 15.6. The Hall–Kier alpha value is -3.46. The Bertz CT molecular complexity index is 668. The van der Waals surface area contributed by atoms with Crippen molar-refractivity contribution in [2.45, 2.75) is 6.92 Å². The molecule has 0 heterocycles. The maximum absolute atomic E-state index is 11.6. The van der Waals surface area contributed by atoms with Crippen molar-refractivity contribution in [1.29, 1.82) is 10.5 Å². The van der Waals surface area contributed by atoms with Gasteiger partial charge in [-0.3, -0.25) is 15.5 Å². The molecule has 0 saturated carbocycles. The molecule has 0 aliphatic rings. The lowest BCUT2D eigenvalue weighted by Crippen LogP contribution is -2.06. The highest BCUT2D eigenvalue weighted by molar-refractivity contribution is 6.10. The van der Waals surface area contributed by atoms with Crippen LogP contribution < -0.4 is 5.43 Å². The van der Waals surface area contributed by atoms with E-state index < -0.39 is 16.6 Å². The summed E-state index contributed by atoms with van der Waals surface area (Å²) in [5, 5.41) is 31.3. The fourth-order valence-corrected chi connectivity index (χ4v) is 1.31. The highest BCUT2D eigenvalue weighted by Gasteiger charge is 2.15. The third-order valence-electron chi connectivity index (χ3n) is 2.15. The van der Waals surface area contributed by atoms with Gasteiger partial charge in [-0.1, -0.05) is 0 Å². The lowest BCUT2D eigenvalue weighted by Gasteiger charge is -2.05. The molecule has 0 saturated heterocycles. The number of nitrogens with zero attached hydrogens (tertiary/aromatic N) is 4. The van der Waals surface area contributed by atoms with Gasteiger partial charge in [-0.15, -0.1) is 0 Å². The molecule has 1 N–H and O–H groups in total. The summed E-state index contributed by atoms with van der Waals surface area (Å²) in [6, 6.07) is 6.47. The van der Waals surface area contributed by atoms with Gasteiger partial charge in [-0.05, 0) is 13.0 Å². The number of nitro benzene ring substituents is 1. The van der Waals surface area contributed by atoms with Crippen molar-refractivity contribution >= 4 is 23.1 Å². The highest BCUT2D eigenvalue weighted by Crippen LogP contribution is 2.21. The number of benzene rings is 1. The van der Waals surface area contributed by atoms with Gasteiger partial charge < -0.3 is 4.74 Å². The van der Waals surface area contributed by atoms with E-state index in [0.717, 1.165) is 12.1 Å². The van der Waals surface area contributed by atoms with E-state index in [4.69, 9.17) is 15.3 Å². The second-order valence-corrected chi connectivity index (χ2v) is 3.54. The molecule has 0 spiro atoms. The minimum absolute atomic E-state index is 0.0424. The standard InChI is InChI=1S/C12H9N5O4/c1-2-21-12(18)8-3-9(5-11(4-8)17(19)20)15-16-10(6-13)7-14/h3-5,15H,2H2,1H3. The van der Waals surface area contributed by atoms with E-state index in [1.165, 1.54) is 18.2 Å². The van der Waals surface area contributed by atoms with E-state index in [0.29, 0.717) is 0 Å². The maximum atomic E-state index is 11.6. The minimum atomic E-state index is -0.728. The quantitative estimate of drug-likeness (QED) is 0.375. The number of hydrazone groups is 1. The van der Waals surface area contributed by atoms with Crippen LogP contribution >= 0.6 is 0 Å². The second kappa shape index (κ2) is 7.21. The number of esters is 1. The van der Waals surface area contributed by atoms with Crippen LogP contribution in [0.3, 0.4) is 0 Å². The summed E-state index contributed by atoms with van der Waals surface area (Å²) in [6.07, 6.45) is 0. The molecule has 0 aliphatic heterocycles. The lowest BCUT2D eigenvalue weighted by molar-refractivity contribution is -0.384. The summed E-state index contributed by atoms with van der Waals surface area (Å²) in [7, 11) is 0. The molecule has 0 aliphatic carbocycles. The summed E-state index contributed by atoms with van der Waals surface area (Å²) < 4.78 is 4.76. The van der Waals surface area contributed by atoms with E-state index in [-0.39, 0.29) is 23.5 Å². The molecule has 1 aromatic carbocycles. The van der Waals surface area contributed by atoms with Gasteiger partial charge in [0.05, 0.1) is 22.8 Å². The van der Waals surface area contributed by atoms with E-state index in [1.54, 1.807) is 6.92 Å². The van der Waals surface area contributed by atoms with Crippen molar-refractivity contribution in [3.05, 3.63) is 33.9 Å². The molecule has 9 heteroatoms. The molecule has 1 rings (SSSR count). The van der Waals surface area contributed by atoms with Gasteiger partial charge in [-0.25, -0.2) is 4.79 Å². The number of hydrogen-bond donors (Lipinski definition) is 1. The Labute approximate surface area is 119 Å². The number of nitrogens with one attached hydrogen (secondary N) is 1. The summed E-state index contributed by atoms with van der Waals surface area (Å²) in [6.45, 7) is 1.72. The van der Waals surface area contributed by atoms with Crippen LogP contribution in [0.5, 0.6) is 0 Å². The molecule has 9 nitrogen and oxygen atoms in total. The Morgan fingerprint density at radius 1 is 1.43 bits per heavy atom. The van der Waals surface area contributed by atoms with Crippen LogP contribution in [0.25, 0.3) is 0 Å². The molecular weight excluding hydrogens is 278 g/mol. The zero-order valence-electron chi connectivity index (χ0n) is 10.9. The van der Waals surface area contributed by atoms with Gasteiger partial charge in [-0.2, -0.15) is 15.6 Å². The van der Waals surface area contributed by atoms with Crippen LogP contribution in [0.15, 0.2) is 23.3 Å². The van der Waals surface area contributed by atoms with Crippen LogP contribution in [-0.4, -0.2) is 23.2 Å². The van der Waals surface area contributed by atoms with Crippen molar-refractivity contribution in [2.24, 2.45) is 5.10 Å². The van der Waals surface area contributed by atoms with Crippen molar-refractivity contribution in [3.63, 3.8) is 0 Å². The molecule has 106 valence electrons. The predicted molar refractivity (Wildman–Crippen MR) is 71.3 cm³/mol. The van der Waals surface area contributed by atoms with Crippen LogP contribution in [-0.2, 0) is 4.74 Å². The van der Waals surface area contributed by atoms with Crippen LogP contribution in [0.1, 0.15) is 17.3 Å². The number of non-ortho nitro benzene ring substituents is 1. The normalized spacial score (nSPS) is 8.90. The van der Waals surface area contributed by atoms with Gasteiger partial charge in [0.1, 0.15) is 12.1 Å². The Morgan fingerprint density at radius 2 is 2.10 bits per heavy atom. The summed E-state index contributed by atoms with van der Waals surface area (Å²) in [5.74, 6) is -0.728. The number of nitro groups is 1. The van der Waals surface area contributed by atoms with Crippen molar-refractivity contribution < 1.29 is 14.5 Å². The SMILES string of the molecule is CCOC(=O)c1cc(NN=C(C#N)C#N)cc([N+](=O)[O-])c1. The van der Waals surface area contributed by atoms with E-state index in [9.17, 15) is 14.9 Å². The molecule has 0 fully saturated rings. The number of ether oxygens (including phenoxy) is 1. The lowest BCUT2D eigenvalue weighted by atomic mass is 10.2. The first-order valence-electron chi connectivity index (χ1n) is 5.62. The van der Waals surface area contributed by atoms with Gasteiger partial charge in [0, 0.05) is 12.1 Å². The fourth-order valence-electron chi connectivity index (χ4n) is 1.31. The second-order valence-electron chi connectivity index (χ2n) is 3.54. The van der Waals surface area contributed by atoms with Crippen molar-refractivity contribution in [1.82, 2.24) is 0 Å². The topological polar surface area (TPSA) is 141 Å². The first-order valence-corrected chi connectivity index (χ1v) is 5.62. The number of rotatable bonds is 5. The number of anilines is 1. The number of carbonyl (C=O) groups is 1. The van der Waals surface area contributed by atoms with Crippen LogP contribution in [0, 0.1) is 32.8 Å². The van der Waals surface area contributed by atoms with Crippen molar-refractivity contribution in [2.75, 3.05) is 12.0 Å². The van der Waals surface area contributed by atoms with Crippen LogP contribution in [0.4, 0.5) is 11.4 Å². The Balaban J connectivity index is 3.18. The molecule has 0 atom stereocenters. The zero-order chi connectivity index (χ0) is 15.8. The summed E-state index contributed by atoms with van der Waals surface area (Å²) in [5.41, 5.74) is 1.53. The van der Waals surface area contributed by atoms with E-state index in [2.05, 4.69) is 10.5 Å². The molecule has 0 aromatic heterocycles. The molecule has 1 aromatic rings. The van der Waals surface area contributed by atoms with E-state index in [1.807, 2.05) is 0 Å². The van der Waals surface area contributed by atoms with Gasteiger partial charge in [0.15, 0.2) is 0 Å². The maximum Gasteiger partial charge on any atom is 0.338 e. The third-order valence-corrected chi connectivity index (χ3v) is 2.15. The van der Waals surface area contributed by atoms with Gasteiger partial charge in [0.25, 0.3) is 5.69 Å². The molecular formula is C12H9N5O4. The average Bonchev–Trinajstić information content (AvgIpc) is 2.48. The minimum Gasteiger partial charge on any atom is -0.462 e. The average molecular weight is 287 g/mol.